The number of hydrogen-bond donors (Lipinski definition) is 1. The van der Waals surface area contributed by atoms with Gasteiger partial charge in [-0.1, -0.05) is 24.3 Å². The summed E-state index contributed by atoms with van der Waals surface area (Å²) in [5.41, 5.74) is -2.90. The summed E-state index contributed by atoms with van der Waals surface area (Å²) in [7, 11) is 0. The normalized spacial score (nSPS) is 18.3. The first kappa shape index (κ1) is 26.9. The van der Waals surface area contributed by atoms with E-state index in [1.165, 1.54) is 18.2 Å². The number of thioether (sulfide) groups is 1. The number of aromatic nitrogens is 1. The van der Waals surface area contributed by atoms with Gasteiger partial charge in [0, 0.05) is 22.9 Å². The summed E-state index contributed by atoms with van der Waals surface area (Å²) >= 11 is 0.805. The minimum absolute atomic E-state index is 0.0137. The Morgan fingerprint density at radius 1 is 1.00 bits per heavy atom. The molecule has 0 saturated carbocycles. The van der Waals surface area contributed by atoms with Crippen LogP contribution in [0.5, 0.6) is 5.75 Å². The van der Waals surface area contributed by atoms with Gasteiger partial charge in [-0.05, 0) is 35.7 Å². The molecule has 3 heterocycles. The Bertz CT molecular complexity index is 1540. The first-order valence-electron chi connectivity index (χ1n) is 11.4. The van der Waals surface area contributed by atoms with Crippen molar-refractivity contribution in [2.24, 2.45) is 0 Å². The average molecular weight is 573 g/mol. The molecule has 1 N–H and O–H groups in total. The lowest BCUT2D eigenvalue weighted by Crippen LogP contribution is -2.60. The van der Waals surface area contributed by atoms with Crippen molar-refractivity contribution >= 4 is 17.7 Å². The molecule has 0 saturated heterocycles. The highest BCUT2D eigenvalue weighted by Crippen LogP contribution is 2.47. The van der Waals surface area contributed by atoms with Crippen molar-refractivity contribution in [3.05, 3.63) is 92.6 Å². The third-order valence-corrected chi connectivity index (χ3v) is 7.95. The topological polar surface area (TPSA) is 65.8 Å². The minimum atomic E-state index is -4.92. The molecule has 0 spiro atoms. The molecule has 14 heteroatoms. The van der Waals surface area contributed by atoms with Gasteiger partial charge >= 0.3 is 12.4 Å². The fourth-order valence-corrected chi connectivity index (χ4v) is 6.01. The molecule has 1 amide bonds. The molecule has 0 radical (unpaired) electrons. The molecule has 0 aliphatic carbocycles. The SMILES string of the molecule is C[C@@H](N1CN([C@H]2c3cccc(C(F)(F)F)c3CSc3c(F)cccc32)n2ccc(=O)c(O)c2C1=O)C(F)(F)F. The molecule has 6 nitrogen and oxygen atoms in total. The van der Waals surface area contributed by atoms with E-state index in [-0.39, 0.29) is 27.3 Å². The molecule has 3 aromatic rings. The number of benzene rings is 2. The van der Waals surface area contributed by atoms with E-state index in [0.29, 0.717) is 11.8 Å². The molecular weight excluding hydrogens is 555 g/mol. The number of amides is 1. The van der Waals surface area contributed by atoms with Crippen LogP contribution in [0.3, 0.4) is 0 Å². The molecule has 2 atom stereocenters. The van der Waals surface area contributed by atoms with Crippen molar-refractivity contribution in [3.63, 3.8) is 0 Å². The number of alkyl halides is 6. The molecule has 2 aromatic carbocycles. The predicted octanol–water partition coefficient (Wildman–Crippen LogP) is 5.41. The molecule has 2 aliphatic rings. The summed E-state index contributed by atoms with van der Waals surface area (Å²) in [6, 6.07) is 4.33. The lowest BCUT2D eigenvalue weighted by molar-refractivity contribution is -0.173. The summed E-state index contributed by atoms with van der Waals surface area (Å²) in [6.45, 7) is -0.105. The van der Waals surface area contributed by atoms with Crippen molar-refractivity contribution in [3.8, 4) is 5.75 Å². The van der Waals surface area contributed by atoms with Crippen LogP contribution in [0.25, 0.3) is 0 Å². The molecule has 2 aliphatic heterocycles. The number of carbonyl (C=O) groups is 1. The van der Waals surface area contributed by atoms with E-state index in [4.69, 9.17) is 0 Å². The third kappa shape index (κ3) is 4.39. The number of hydrogen-bond acceptors (Lipinski definition) is 5. The Balaban J connectivity index is 1.83. The standard InChI is InChI=1S/C25H18F7N3O3S/c1-12(24(27,28)29)33-11-35(34-9-8-18(36)21(37)20(34)23(33)38)19-13-4-2-6-16(25(30,31)32)15(13)10-39-22-14(19)5-3-7-17(22)26/h2-9,12,19,37H,10-11H2,1H3/t12-,19+/m1/s1. The van der Waals surface area contributed by atoms with Crippen LogP contribution in [0.15, 0.2) is 58.4 Å². The van der Waals surface area contributed by atoms with E-state index in [9.17, 15) is 41.0 Å². The molecule has 1 aromatic heterocycles. The van der Waals surface area contributed by atoms with Gasteiger partial charge in [0.2, 0.25) is 5.43 Å². The van der Waals surface area contributed by atoms with Gasteiger partial charge in [-0.3, -0.25) is 19.3 Å². The highest BCUT2D eigenvalue weighted by molar-refractivity contribution is 7.98. The summed E-state index contributed by atoms with van der Waals surface area (Å²) in [5.74, 6) is -3.48. The van der Waals surface area contributed by atoms with E-state index in [2.05, 4.69) is 0 Å². The Kier molecular flexibility index (Phi) is 6.35. The summed E-state index contributed by atoms with van der Waals surface area (Å²) in [4.78, 5) is 25.7. The Hall–Kier alpha value is -3.68. The lowest BCUT2D eigenvalue weighted by atomic mass is 9.91. The van der Waals surface area contributed by atoms with E-state index < -0.39 is 65.3 Å². The number of carbonyl (C=O) groups excluding carboxylic acids is 1. The van der Waals surface area contributed by atoms with Gasteiger partial charge in [-0.25, -0.2) is 4.39 Å². The van der Waals surface area contributed by atoms with Gasteiger partial charge in [-0.15, -0.1) is 11.8 Å². The first-order chi connectivity index (χ1) is 18.2. The van der Waals surface area contributed by atoms with Gasteiger partial charge in [-0.2, -0.15) is 26.3 Å². The third-order valence-electron chi connectivity index (χ3n) is 6.80. The molecule has 0 unspecified atom stereocenters. The van der Waals surface area contributed by atoms with Crippen LogP contribution < -0.4 is 10.4 Å². The van der Waals surface area contributed by atoms with Crippen LogP contribution in [0.1, 0.15) is 45.7 Å². The molecule has 0 bridgehead atoms. The summed E-state index contributed by atoms with van der Waals surface area (Å²) < 4.78 is 99.4. The van der Waals surface area contributed by atoms with E-state index in [1.807, 2.05) is 0 Å². The van der Waals surface area contributed by atoms with Crippen LogP contribution in [0.4, 0.5) is 30.7 Å². The second kappa shape index (κ2) is 9.21. The van der Waals surface area contributed by atoms with Crippen molar-refractivity contribution in [1.29, 1.82) is 0 Å². The monoisotopic (exact) mass is 573 g/mol. The van der Waals surface area contributed by atoms with Crippen molar-refractivity contribution in [2.45, 2.75) is 42.0 Å². The molecule has 206 valence electrons. The van der Waals surface area contributed by atoms with Crippen LogP contribution in [0, 0.1) is 5.82 Å². The van der Waals surface area contributed by atoms with Crippen molar-refractivity contribution in [2.75, 3.05) is 11.7 Å². The zero-order valence-electron chi connectivity index (χ0n) is 19.8. The van der Waals surface area contributed by atoms with E-state index in [1.54, 1.807) is 0 Å². The molecule has 0 fully saturated rings. The quantitative estimate of drug-likeness (QED) is 0.416. The van der Waals surface area contributed by atoms with Gasteiger partial charge in [0.15, 0.2) is 11.4 Å². The average Bonchev–Trinajstić information content (AvgIpc) is 3.02. The highest BCUT2D eigenvalue weighted by Gasteiger charge is 2.48. The fourth-order valence-electron chi connectivity index (χ4n) is 4.85. The number of aromatic hydroxyl groups is 1. The van der Waals surface area contributed by atoms with Gasteiger partial charge in [0.05, 0.1) is 11.6 Å². The van der Waals surface area contributed by atoms with Gasteiger partial charge in [0.25, 0.3) is 5.91 Å². The maximum absolute atomic E-state index is 15.0. The Morgan fingerprint density at radius 3 is 2.33 bits per heavy atom. The Labute approximate surface area is 220 Å². The number of nitrogens with zero attached hydrogens (tertiary/aromatic N) is 3. The smallest absolute Gasteiger partial charge is 0.416 e. The Morgan fingerprint density at radius 2 is 1.67 bits per heavy atom. The van der Waals surface area contributed by atoms with Gasteiger partial charge < -0.3 is 10.0 Å². The van der Waals surface area contributed by atoms with Crippen LogP contribution in [0.2, 0.25) is 0 Å². The van der Waals surface area contributed by atoms with E-state index in [0.717, 1.165) is 51.9 Å². The van der Waals surface area contributed by atoms with Crippen LogP contribution in [-0.2, 0) is 11.9 Å². The zero-order chi connectivity index (χ0) is 28.4. The maximum Gasteiger partial charge on any atom is 0.416 e. The van der Waals surface area contributed by atoms with Crippen molar-refractivity contribution < 1.29 is 40.6 Å². The molecule has 5 rings (SSSR count). The summed E-state index contributed by atoms with van der Waals surface area (Å²) in [6.07, 6.45) is -8.67. The zero-order valence-corrected chi connectivity index (χ0v) is 20.7. The maximum atomic E-state index is 15.0. The highest BCUT2D eigenvalue weighted by atomic mass is 32.2. The van der Waals surface area contributed by atoms with Crippen molar-refractivity contribution in [1.82, 2.24) is 9.58 Å². The predicted molar refractivity (Wildman–Crippen MR) is 126 cm³/mol. The van der Waals surface area contributed by atoms with Crippen LogP contribution >= 0.6 is 11.8 Å². The van der Waals surface area contributed by atoms with E-state index >= 15 is 4.39 Å². The lowest BCUT2D eigenvalue weighted by Gasteiger charge is -2.46. The number of pyridine rings is 1. The van der Waals surface area contributed by atoms with Crippen LogP contribution in [-0.4, -0.2) is 39.5 Å². The number of rotatable bonds is 2. The second-order valence-corrected chi connectivity index (χ2v) is 10.0. The second-order valence-electron chi connectivity index (χ2n) is 9.02. The number of halogens is 7. The van der Waals surface area contributed by atoms with Gasteiger partial charge in [0.1, 0.15) is 18.5 Å². The molecule has 39 heavy (non-hydrogen) atoms. The largest absolute Gasteiger partial charge is 0.502 e. The number of fused-ring (bicyclic) bond motifs is 3. The first-order valence-corrected chi connectivity index (χ1v) is 12.4. The fraction of sp³-hybridized carbons (Fsp3) is 0.280. The molecular formula is C25H18F7N3O3S. The summed E-state index contributed by atoms with van der Waals surface area (Å²) in [5, 5.41) is 11.6. The minimum Gasteiger partial charge on any atom is -0.502 e.